The Morgan fingerprint density at radius 1 is 1.71 bits per heavy atom. The van der Waals surface area contributed by atoms with E-state index in [2.05, 4.69) is 4.52 Å². The average molecular weight is 123 g/mol. The van der Waals surface area contributed by atoms with Crippen molar-refractivity contribution in [2.24, 2.45) is 0 Å². The van der Waals surface area contributed by atoms with Crippen LogP contribution >= 0.6 is 8.25 Å². The Balaban J connectivity index is 3.13. The van der Waals surface area contributed by atoms with E-state index in [1.54, 1.807) is 13.8 Å². The predicted octanol–water partition coefficient (Wildman–Crippen LogP) is 1.06. The second-order valence-corrected chi connectivity index (χ2v) is 2.08. The molecule has 1 radical (unpaired) electrons. The third kappa shape index (κ3) is 6.02. The van der Waals surface area contributed by atoms with Gasteiger partial charge in [-0.05, 0) is 13.8 Å². The normalized spacial score (nSPS) is 12.3. The van der Waals surface area contributed by atoms with Gasteiger partial charge in [0, 0.05) is 0 Å². The molecule has 0 heterocycles. The van der Waals surface area contributed by atoms with E-state index in [1.165, 1.54) is 0 Å². The first-order chi connectivity index (χ1) is 3.13. The minimum absolute atomic E-state index is 0.159. The lowest BCUT2D eigenvalue weighted by atomic mass is 10.5. The van der Waals surface area contributed by atoms with Gasteiger partial charge in [-0.3, -0.25) is 9.42 Å². The molecule has 0 amide bonds. The molecule has 0 aliphatic rings. The van der Waals surface area contributed by atoms with Gasteiger partial charge in [-0.1, -0.05) is 0 Å². The molecule has 0 aliphatic carbocycles. The molecule has 0 aromatic heterocycles. The third-order valence-electron chi connectivity index (χ3n) is 0.301. The van der Waals surface area contributed by atoms with Crippen LogP contribution in [0.3, 0.4) is 0 Å². The number of hydrogen-bond acceptors (Lipinski definition) is 2. The van der Waals surface area contributed by atoms with E-state index in [0.29, 0.717) is 0 Å². The Hall–Kier alpha value is 0.0200. The highest BCUT2D eigenvalue weighted by atomic mass is 31.1. The quantitative estimate of drug-likeness (QED) is 0.558. The van der Waals surface area contributed by atoms with Gasteiger partial charge in [0.15, 0.2) is 0 Å². The highest BCUT2D eigenvalue weighted by Gasteiger charge is 1.96. The predicted molar refractivity (Wildman–Crippen MR) is 26.0 cm³/mol. The number of hydrogen-bond donors (Lipinski definition) is 1. The Morgan fingerprint density at radius 3 is 2.14 bits per heavy atom. The molecule has 7 heavy (non-hydrogen) atoms. The summed E-state index contributed by atoms with van der Waals surface area (Å²) in [6, 6.07) is 0. The first-order valence-electron chi connectivity index (χ1n) is 1.96. The maximum absolute atomic E-state index is 9.74. The van der Waals surface area contributed by atoms with Gasteiger partial charge in [0.05, 0.1) is 6.10 Å². The van der Waals surface area contributed by atoms with Crippen LogP contribution in [0.1, 0.15) is 13.8 Å². The summed E-state index contributed by atoms with van der Waals surface area (Å²) >= 11 is 0. The molecule has 1 unspecified atom stereocenters. The molecule has 0 spiro atoms. The zero-order chi connectivity index (χ0) is 5.86. The lowest BCUT2D eigenvalue weighted by Gasteiger charge is -1.97. The van der Waals surface area contributed by atoms with E-state index >= 15 is 0 Å². The second-order valence-electron chi connectivity index (χ2n) is 1.39. The summed E-state index contributed by atoms with van der Waals surface area (Å²) in [5.41, 5.74) is 0. The topological polar surface area (TPSA) is 46.5 Å². The zero-order valence-electron chi connectivity index (χ0n) is 4.29. The highest BCUT2D eigenvalue weighted by molar-refractivity contribution is 7.32. The zero-order valence-corrected chi connectivity index (χ0v) is 5.18. The van der Waals surface area contributed by atoms with Gasteiger partial charge >= 0.3 is 8.25 Å². The lowest BCUT2D eigenvalue weighted by molar-refractivity contribution is 0.222. The van der Waals surface area contributed by atoms with Crippen molar-refractivity contribution in [1.29, 1.82) is 0 Å². The van der Waals surface area contributed by atoms with Crippen LogP contribution in [-0.2, 0) is 9.09 Å². The molecule has 0 bridgehead atoms. The largest absolute Gasteiger partial charge is 0.366 e. The Bertz CT molecular complexity index is 70.6. The molecule has 0 rings (SSSR count). The van der Waals surface area contributed by atoms with Crippen LogP contribution in [0.5, 0.6) is 0 Å². The maximum Gasteiger partial charge on any atom is 0.366 e. The standard InChI is InChI=1S/C3H8O3P/c1-3(2)6-7(4)5/h3H,1-2H3,(H,4,5). The summed E-state index contributed by atoms with van der Waals surface area (Å²) in [7, 11) is -2.39. The molecule has 0 saturated heterocycles. The van der Waals surface area contributed by atoms with Crippen molar-refractivity contribution >= 4 is 8.25 Å². The van der Waals surface area contributed by atoms with Gasteiger partial charge < -0.3 is 0 Å². The van der Waals surface area contributed by atoms with Gasteiger partial charge in [-0.15, -0.1) is 0 Å². The van der Waals surface area contributed by atoms with Crippen LogP contribution in [0.15, 0.2) is 0 Å². The minimum Gasteiger partial charge on any atom is -0.298 e. The first-order valence-corrected chi connectivity index (χ1v) is 3.09. The van der Waals surface area contributed by atoms with E-state index in [4.69, 9.17) is 4.89 Å². The van der Waals surface area contributed by atoms with Gasteiger partial charge in [-0.25, -0.2) is 4.57 Å². The van der Waals surface area contributed by atoms with Crippen LogP contribution in [-0.4, -0.2) is 11.0 Å². The van der Waals surface area contributed by atoms with E-state index in [-0.39, 0.29) is 6.10 Å². The van der Waals surface area contributed by atoms with E-state index < -0.39 is 8.25 Å². The van der Waals surface area contributed by atoms with Crippen molar-refractivity contribution in [3.05, 3.63) is 0 Å². The molecule has 0 aromatic rings. The maximum atomic E-state index is 9.74. The first kappa shape index (κ1) is 7.02. The monoisotopic (exact) mass is 123 g/mol. The van der Waals surface area contributed by atoms with Crippen LogP contribution in [0.2, 0.25) is 0 Å². The van der Waals surface area contributed by atoms with Gasteiger partial charge in [0.1, 0.15) is 0 Å². The number of rotatable bonds is 2. The van der Waals surface area contributed by atoms with Crippen molar-refractivity contribution < 1.29 is 14.0 Å². The molecule has 0 aromatic carbocycles. The average Bonchev–Trinajstić information content (AvgIpc) is 1.27. The van der Waals surface area contributed by atoms with Gasteiger partial charge in [-0.2, -0.15) is 0 Å². The molecule has 0 saturated carbocycles. The van der Waals surface area contributed by atoms with E-state index in [9.17, 15) is 4.57 Å². The lowest BCUT2D eigenvalue weighted by Crippen LogP contribution is -1.92. The van der Waals surface area contributed by atoms with Crippen molar-refractivity contribution in [2.75, 3.05) is 0 Å². The van der Waals surface area contributed by atoms with E-state index in [0.717, 1.165) is 0 Å². The summed E-state index contributed by atoms with van der Waals surface area (Å²) in [6.07, 6.45) is -0.159. The summed E-state index contributed by atoms with van der Waals surface area (Å²) in [5, 5.41) is 0. The fourth-order valence-electron chi connectivity index (χ4n) is 0.180. The molecule has 0 aliphatic heterocycles. The fourth-order valence-corrected chi connectivity index (χ4v) is 0.541. The Morgan fingerprint density at radius 2 is 2.14 bits per heavy atom. The second kappa shape index (κ2) is 3.08. The summed E-state index contributed by atoms with van der Waals surface area (Å²) < 4.78 is 14.1. The SMILES string of the molecule is CC(C)O[P](=O)O. The smallest absolute Gasteiger partial charge is 0.298 e. The van der Waals surface area contributed by atoms with Crippen molar-refractivity contribution in [1.82, 2.24) is 0 Å². The molecule has 4 heteroatoms. The van der Waals surface area contributed by atoms with Gasteiger partial charge in [0.25, 0.3) is 0 Å². The molecular formula is C3H8O3P. The van der Waals surface area contributed by atoms with Crippen molar-refractivity contribution in [3.63, 3.8) is 0 Å². The molecule has 1 atom stereocenters. The van der Waals surface area contributed by atoms with Crippen LogP contribution in [0.25, 0.3) is 0 Å². The van der Waals surface area contributed by atoms with Crippen LogP contribution < -0.4 is 0 Å². The van der Waals surface area contributed by atoms with Crippen LogP contribution in [0.4, 0.5) is 0 Å². The third-order valence-corrected chi connectivity index (χ3v) is 0.903. The fraction of sp³-hybridized carbons (Fsp3) is 1.00. The minimum atomic E-state index is -2.39. The molecule has 0 fully saturated rings. The van der Waals surface area contributed by atoms with Crippen LogP contribution in [0, 0.1) is 0 Å². The van der Waals surface area contributed by atoms with Gasteiger partial charge in [0.2, 0.25) is 0 Å². The summed E-state index contributed by atoms with van der Waals surface area (Å²) in [4.78, 5) is 8.01. The van der Waals surface area contributed by atoms with E-state index in [1.807, 2.05) is 0 Å². The Labute approximate surface area is 43.3 Å². The molecule has 3 nitrogen and oxygen atoms in total. The van der Waals surface area contributed by atoms with Crippen molar-refractivity contribution in [2.45, 2.75) is 20.0 Å². The molecule has 43 valence electrons. The van der Waals surface area contributed by atoms with Crippen molar-refractivity contribution in [3.8, 4) is 0 Å². The Kier molecular flexibility index (Phi) is 3.09. The summed E-state index contributed by atoms with van der Waals surface area (Å²) in [6.45, 7) is 3.40. The molecular weight excluding hydrogens is 115 g/mol. The molecule has 1 N–H and O–H groups in total. The summed E-state index contributed by atoms with van der Waals surface area (Å²) in [5.74, 6) is 0. The highest BCUT2D eigenvalue weighted by Crippen LogP contribution is 2.16.